The number of anilines is 1. The van der Waals surface area contributed by atoms with Crippen LogP contribution in [0.4, 0.5) is 14.5 Å². The van der Waals surface area contributed by atoms with Crippen molar-refractivity contribution in [2.45, 2.75) is 6.54 Å². The first-order chi connectivity index (χ1) is 11.1. The van der Waals surface area contributed by atoms with Crippen molar-refractivity contribution in [1.82, 2.24) is 14.4 Å². The molecule has 0 radical (unpaired) electrons. The van der Waals surface area contributed by atoms with Crippen molar-refractivity contribution in [3.8, 4) is 0 Å². The van der Waals surface area contributed by atoms with Crippen molar-refractivity contribution in [3.05, 3.63) is 59.7 Å². The highest BCUT2D eigenvalue weighted by Gasteiger charge is 2.16. The number of ether oxygens (including phenoxy) is 1. The lowest BCUT2D eigenvalue weighted by Gasteiger charge is -2.10. The molecule has 0 aliphatic rings. The van der Waals surface area contributed by atoms with E-state index in [-0.39, 0.29) is 17.8 Å². The summed E-state index contributed by atoms with van der Waals surface area (Å²) in [7, 11) is 1.17. The number of esters is 1. The van der Waals surface area contributed by atoms with Crippen LogP contribution in [0.3, 0.4) is 0 Å². The zero-order valence-electron chi connectivity index (χ0n) is 12.1. The Morgan fingerprint density at radius 3 is 2.87 bits per heavy atom. The van der Waals surface area contributed by atoms with Crippen LogP contribution in [0.5, 0.6) is 0 Å². The molecule has 1 N–H and O–H groups in total. The number of carbonyl (C=O) groups excluding carboxylic acids is 1. The Labute approximate surface area is 129 Å². The molecule has 3 rings (SSSR count). The van der Waals surface area contributed by atoms with E-state index in [9.17, 15) is 13.6 Å². The first-order valence-electron chi connectivity index (χ1n) is 6.68. The van der Waals surface area contributed by atoms with E-state index in [0.29, 0.717) is 11.5 Å². The minimum absolute atomic E-state index is 0.0895. The summed E-state index contributed by atoms with van der Waals surface area (Å²) in [6.45, 7) is 0.207. The molecule has 6 nitrogen and oxygen atoms in total. The Morgan fingerprint density at radius 2 is 2.13 bits per heavy atom. The van der Waals surface area contributed by atoms with Crippen molar-refractivity contribution in [2.24, 2.45) is 0 Å². The lowest BCUT2D eigenvalue weighted by molar-refractivity contribution is 0.0601. The fourth-order valence-corrected chi connectivity index (χ4v) is 2.12. The van der Waals surface area contributed by atoms with Crippen LogP contribution in [0.2, 0.25) is 0 Å². The topological polar surface area (TPSA) is 68.5 Å². The molecule has 1 aromatic carbocycles. The third-order valence-electron chi connectivity index (χ3n) is 3.21. The molecule has 0 aliphatic heterocycles. The largest absolute Gasteiger partial charge is 0.465 e. The molecule has 2 aromatic heterocycles. The second-order valence-electron chi connectivity index (χ2n) is 4.72. The van der Waals surface area contributed by atoms with E-state index in [0.717, 1.165) is 12.1 Å². The van der Waals surface area contributed by atoms with Gasteiger partial charge in [-0.1, -0.05) is 0 Å². The molecule has 8 heteroatoms. The van der Waals surface area contributed by atoms with Gasteiger partial charge in [-0.3, -0.25) is 4.40 Å². The van der Waals surface area contributed by atoms with Crippen molar-refractivity contribution in [3.63, 3.8) is 0 Å². The molecule has 0 unspecified atom stereocenters. The van der Waals surface area contributed by atoms with Crippen LogP contribution in [0.1, 0.15) is 16.1 Å². The summed E-state index contributed by atoms with van der Waals surface area (Å²) in [5.41, 5.74) is 0.665. The van der Waals surface area contributed by atoms with Crippen LogP contribution in [0.15, 0.2) is 36.8 Å². The number of benzene rings is 1. The lowest BCUT2D eigenvalue weighted by Crippen LogP contribution is -2.10. The zero-order valence-corrected chi connectivity index (χ0v) is 12.1. The van der Waals surface area contributed by atoms with Gasteiger partial charge >= 0.3 is 5.97 Å². The van der Waals surface area contributed by atoms with Crippen molar-refractivity contribution < 1.29 is 18.3 Å². The molecule has 0 atom stereocenters. The molecule has 3 aromatic rings. The molecular weight excluding hydrogens is 306 g/mol. The minimum Gasteiger partial charge on any atom is -0.465 e. The van der Waals surface area contributed by atoms with Crippen LogP contribution < -0.4 is 5.32 Å². The predicted molar refractivity (Wildman–Crippen MR) is 78.0 cm³/mol. The number of methoxy groups -OCH3 is 1. The molecule has 118 valence electrons. The standard InChI is InChI=1S/C15H12F2N4O2/c1-23-14(22)10-5-11(16)12(17)6-13(10)19-7-9-8-21-4-2-3-18-15(21)20-9/h2-6,8,19H,7H2,1H3. The number of rotatable bonds is 4. The number of nitrogens with zero attached hydrogens (tertiary/aromatic N) is 3. The van der Waals surface area contributed by atoms with Crippen molar-refractivity contribution in [1.29, 1.82) is 0 Å². The smallest absolute Gasteiger partial charge is 0.340 e. The number of fused-ring (bicyclic) bond motifs is 1. The van der Waals surface area contributed by atoms with Crippen LogP contribution in [0.25, 0.3) is 5.78 Å². The third-order valence-corrected chi connectivity index (χ3v) is 3.21. The summed E-state index contributed by atoms with van der Waals surface area (Å²) in [6.07, 6.45) is 5.15. The van der Waals surface area contributed by atoms with Gasteiger partial charge in [0.25, 0.3) is 0 Å². The quantitative estimate of drug-likeness (QED) is 0.748. The van der Waals surface area contributed by atoms with Gasteiger partial charge in [0.2, 0.25) is 5.78 Å². The summed E-state index contributed by atoms with van der Waals surface area (Å²) in [5, 5.41) is 2.86. The van der Waals surface area contributed by atoms with Gasteiger partial charge in [0, 0.05) is 24.7 Å². The molecule has 0 bridgehead atoms. The maximum absolute atomic E-state index is 13.4. The van der Waals surface area contributed by atoms with E-state index < -0.39 is 17.6 Å². The van der Waals surface area contributed by atoms with E-state index in [2.05, 4.69) is 20.0 Å². The normalized spacial score (nSPS) is 10.7. The highest BCUT2D eigenvalue weighted by Crippen LogP contribution is 2.21. The third kappa shape index (κ3) is 2.96. The summed E-state index contributed by atoms with van der Waals surface area (Å²) in [5.74, 6) is -2.42. The Hall–Kier alpha value is -3.03. The first-order valence-corrected chi connectivity index (χ1v) is 6.68. The summed E-state index contributed by atoms with van der Waals surface area (Å²) < 4.78 is 33.0. The van der Waals surface area contributed by atoms with E-state index in [1.807, 2.05) is 0 Å². The predicted octanol–water partition coefficient (Wildman–Crippen LogP) is 2.41. The number of imidazole rings is 1. The SMILES string of the molecule is COC(=O)c1cc(F)c(F)cc1NCc1cn2cccnc2n1. The Bertz CT molecular complexity index is 846. The zero-order chi connectivity index (χ0) is 16.4. The lowest BCUT2D eigenvalue weighted by atomic mass is 10.1. The molecule has 2 heterocycles. The van der Waals surface area contributed by atoms with Crippen LogP contribution in [0, 0.1) is 11.6 Å². The van der Waals surface area contributed by atoms with Crippen molar-refractivity contribution >= 4 is 17.4 Å². The maximum atomic E-state index is 13.4. The number of carbonyl (C=O) groups is 1. The number of hydrogen-bond donors (Lipinski definition) is 1. The average Bonchev–Trinajstić information content (AvgIpc) is 2.97. The van der Waals surface area contributed by atoms with Crippen LogP contribution in [-0.2, 0) is 11.3 Å². The molecule has 0 spiro atoms. The van der Waals surface area contributed by atoms with Gasteiger partial charge in [0.1, 0.15) is 0 Å². The molecule has 0 fully saturated rings. The number of nitrogens with one attached hydrogen (secondary N) is 1. The number of hydrogen-bond acceptors (Lipinski definition) is 5. The van der Waals surface area contributed by atoms with Gasteiger partial charge in [-0.2, -0.15) is 0 Å². The first kappa shape index (κ1) is 14.9. The minimum atomic E-state index is -1.12. The van der Waals surface area contributed by atoms with Crippen LogP contribution >= 0.6 is 0 Å². The monoisotopic (exact) mass is 318 g/mol. The molecule has 0 amide bonds. The van der Waals surface area contributed by atoms with Gasteiger partial charge in [-0.05, 0) is 12.1 Å². The van der Waals surface area contributed by atoms with E-state index in [1.54, 1.807) is 29.1 Å². The second kappa shape index (κ2) is 5.99. The van der Waals surface area contributed by atoms with E-state index >= 15 is 0 Å². The van der Waals surface area contributed by atoms with Gasteiger partial charge in [-0.25, -0.2) is 23.5 Å². The van der Waals surface area contributed by atoms with Crippen LogP contribution in [-0.4, -0.2) is 27.4 Å². The summed E-state index contributed by atoms with van der Waals surface area (Å²) in [4.78, 5) is 20.0. The fourth-order valence-electron chi connectivity index (χ4n) is 2.12. The number of halogens is 2. The summed E-state index contributed by atoms with van der Waals surface area (Å²) >= 11 is 0. The molecule has 23 heavy (non-hydrogen) atoms. The number of aromatic nitrogens is 3. The highest BCUT2D eigenvalue weighted by atomic mass is 19.2. The van der Waals surface area contributed by atoms with Gasteiger partial charge in [0.15, 0.2) is 11.6 Å². The Kier molecular flexibility index (Phi) is 3.88. The maximum Gasteiger partial charge on any atom is 0.340 e. The Morgan fingerprint density at radius 1 is 1.35 bits per heavy atom. The molecule has 0 saturated carbocycles. The van der Waals surface area contributed by atoms with E-state index in [4.69, 9.17) is 0 Å². The van der Waals surface area contributed by atoms with Crippen molar-refractivity contribution in [2.75, 3.05) is 12.4 Å². The molecule has 0 saturated heterocycles. The molecule has 0 aliphatic carbocycles. The van der Waals surface area contributed by atoms with Gasteiger partial charge < -0.3 is 10.1 Å². The fraction of sp³-hybridized carbons (Fsp3) is 0.133. The molecular formula is C15H12F2N4O2. The average molecular weight is 318 g/mol. The highest BCUT2D eigenvalue weighted by molar-refractivity contribution is 5.95. The second-order valence-corrected chi connectivity index (χ2v) is 4.72. The Balaban J connectivity index is 1.87. The van der Waals surface area contributed by atoms with E-state index in [1.165, 1.54) is 7.11 Å². The van der Waals surface area contributed by atoms with Gasteiger partial charge in [-0.15, -0.1) is 0 Å². The van der Waals surface area contributed by atoms with Gasteiger partial charge in [0.05, 0.1) is 30.6 Å². The summed E-state index contributed by atoms with van der Waals surface area (Å²) in [6, 6.07) is 3.47.